The highest BCUT2D eigenvalue weighted by molar-refractivity contribution is 5.97. The van der Waals surface area contributed by atoms with E-state index >= 15 is 0 Å². The summed E-state index contributed by atoms with van der Waals surface area (Å²) in [7, 11) is 0. The van der Waals surface area contributed by atoms with E-state index in [1.165, 1.54) is 12.8 Å². The van der Waals surface area contributed by atoms with Crippen LogP contribution in [0.3, 0.4) is 0 Å². The Morgan fingerprint density at radius 3 is 2.62 bits per heavy atom. The zero-order chi connectivity index (χ0) is 20.2. The Kier molecular flexibility index (Phi) is 5.90. The van der Waals surface area contributed by atoms with Crippen LogP contribution in [0.25, 0.3) is 22.4 Å². The van der Waals surface area contributed by atoms with E-state index in [0.717, 1.165) is 49.6 Å². The fourth-order valence-corrected chi connectivity index (χ4v) is 3.83. The number of carbonyl (C=O) groups excluding carboxylic acids is 1. The third kappa shape index (κ3) is 4.65. The Balaban J connectivity index is 1.40. The van der Waals surface area contributed by atoms with Gasteiger partial charge in [-0.3, -0.25) is 9.69 Å². The molecule has 3 aromatic rings. The molecule has 0 saturated carbocycles. The highest BCUT2D eigenvalue weighted by Gasteiger charge is 2.23. The third-order valence-corrected chi connectivity index (χ3v) is 5.55. The molecule has 6 heteroatoms. The Bertz CT molecular complexity index is 958. The number of hydrogen-bond acceptors (Lipinski definition) is 4. The van der Waals surface area contributed by atoms with Gasteiger partial charge in [-0.15, -0.1) is 0 Å². The van der Waals surface area contributed by atoms with Gasteiger partial charge in [0.05, 0.1) is 0 Å². The van der Waals surface area contributed by atoms with E-state index in [-0.39, 0.29) is 5.91 Å². The quantitative estimate of drug-likeness (QED) is 0.694. The molecule has 0 spiro atoms. The van der Waals surface area contributed by atoms with Crippen molar-refractivity contribution in [2.75, 3.05) is 32.7 Å². The predicted octanol–water partition coefficient (Wildman–Crippen LogP) is 3.82. The summed E-state index contributed by atoms with van der Waals surface area (Å²) in [5.74, 6) is 1.46. The molecule has 3 heterocycles. The van der Waals surface area contributed by atoms with Crippen molar-refractivity contribution in [2.45, 2.75) is 26.7 Å². The molecule has 0 aliphatic carbocycles. The molecule has 1 fully saturated rings. The first kappa shape index (κ1) is 19.6. The summed E-state index contributed by atoms with van der Waals surface area (Å²) in [5.41, 5.74) is 2.26. The van der Waals surface area contributed by atoms with Crippen molar-refractivity contribution in [1.29, 1.82) is 0 Å². The number of nitrogens with zero attached hydrogens (tertiary/aromatic N) is 4. The molecule has 2 aromatic heterocycles. The first-order chi connectivity index (χ1) is 14.1. The van der Waals surface area contributed by atoms with E-state index in [9.17, 15) is 4.79 Å². The second-order valence-corrected chi connectivity index (χ2v) is 8.22. The van der Waals surface area contributed by atoms with Gasteiger partial charge in [0.15, 0.2) is 5.82 Å². The van der Waals surface area contributed by atoms with Gasteiger partial charge in [0, 0.05) is 43.3 Å². The van der Waals surface area contributed by atoms with Gasteiger partial charge < -0.3 is 9.88 Å². The summed E-state index contributed by atoms with van der Waals surface area (Å²) >= 11 is 0. The molecule has 1 saturated heterocycles. The summed E-state index contributed by atoms with van der Waals surface area (Å²) in [4.78, 5) is 29.6. The number of aromatic nitrogens is 3. The maximum Gasteiger partial charge on any atom is 0.270 e. The Morgan fingerprint density at radius 2 is 1.90 bits per heavy atom. The summed E-state index contributed by atoms with van der Waals surface area (Å²) in [6, 6.07) is 11.7. The normalized spacial score (nSPS) is 15.3. The summed E-state index contributed by atoms with van der Waals surface area (Å²) in [6.07, 6.45) is 4.28. The number of aromatic amines is 1. The van der Waals surface area contributed by atoms with Crippen molar-refractivity contribution < 1.29 is 4.79 Å². The van der Waals surface area contributed by atoms with E-state index < -0.39 is 0 Å². The Labute approximate surface area is 172 Å². The molecular weight excluding hydrogens is 362 g/mol. The Morgan fingerprint density at radius 1 is 1.14 bits per heavy atom. The van der Waals surface area contributed by atoms with Crippen LogP contribution in [0.5, 0.6) is 0 Å². The number of rotatable bonds is 6. The SMILES string of the molecule is CC(C)CCCN1CCN(C(=O)c2cc3cnc(-c4ccccc4)nc3[nH]2)CC1. The average molecular weight is 392 g/mol. The fourth-order valence-electron chi connectivity index (χ4n) is 3.83. The lowest BCUT2D eigenvalue weighted by Crippen LogP contribution is -2.48. The molecule has 0 radical (unpaired) electrons. The van der Waals surface area contributed by atoms with Crippen LogP contribution in [0.1, 0.15) is 37.2 Å². The second kappa shape index (κ2) is 8.74. The zero-order valence-corrected chi connectivity index (χ0v) is 17.3. The van der Waals surface area contributed by atoms with E-state index in [2.05, 4.69) is 33.7 Å². The highest BCUT2D eigenvalue weighted by Crippen LogP contribution is 2.20. The first-order valence-electron chi connectivity index (χ1n) is 10.5. The maximum atomic E-state index is 13.0. The predicted molar refractivity (Wildman–Crippen MR) is 116 cm³/mol. The molecule has 6 nitrogen and oxygen atoms in total. The molecule has 29 heavy (non-hydrogen) atoms. The van der Waals surface area contributed by atoms with Crippen LogP contribution in [-0.2, 0) is 0 Å². The van der Waals surface area contributed by atoms with Gasteiger partial charge in [-0.1, -0.05) is 44.2 Å². The van der Waals surface area contributed by atoms with Crippen LogP contribution in [0, 0.1) is 5.92 Å². The van der Waals surface area contributed by atoms with Crippen molar-refractivity contribution in [3.63, 3.8) is 0 Å². The molecule has 1 N–H and O–H groups in total. The molecule has 1 aliphatic heterocycles. The number of nitrogens with one attached hydrogen (secondary N) is 1. The van der Waals surface area contributed by atoms with E-state index in [4.69, 9.17) is 0 Å². The molecule has 0 atom stereocenters. The molecular formula is C23H29N5O. The number of amides is 1. The number of carbonyl (C=O) groups is 1. The molecule has 1 aliphatic rings. The van der Waals surface area contributed by atoms with Crippen molar-refractivity contribution in [1.82, 2.24) is 24.8 Å². The minimum absolute atomic E-state index is 0.0473. The third-order valence-electron chi connectivity index (χ3n) is 5.55. The van der Waals surface area contributed by atoms with Gasteiger partial charge in [-0.05, 0) is 31.4 Å². The molecule has 152 valence electrons. The van der Waals surface area contributed by atoms with Gasteiger partial charge in [0.25, 0.3) is 5.91 Å². The van der Waals surface area contributed by atoms with Crippen LogP contribution in [0.2, 0.25) is 0 Å². The largest absolute Gasteiger partial charge is 0.335 e. The minimum atomic E-state index is 0.0473. The lowest BCUT2D eigenvalue weighted by molar-refractivity contribution is 0.0629. The van der Waals surface area contributed by atoms with Crippen LogP contribution < -0.4 is 0 Å². The molecule has 4 rings (SSSR count). The first-order valence-corrected chi connectivity index (χ1v) is 10.5. The van der Waals surface area contributed by atoms with Crippen molar-refractivity contribution in [3.8, 4) is 11.4 Å². The molecule has 0 bridgehead atoms. The van der Waals surface area contributed by atoms with Gasteiger partial charge in [-0.25, -0.2) is 9.97 Å². The zero-order valence-electron chi connectivity index (χ0n) is 17.3. The van der Waals surface area contributed by atoms with Gasteiger partial charge in [0.2, 0.25) is 0 Å². The van der Waals surface area contributed by atoms with Crippen LogP contribution >= 0.6 is 0 Å². The maximum absolute atomic E-state index is 13.0. The second-order valence-electron chi connectivity index (χ2n) is 8.22. The van der Waals surface area contributed by atoms with Gasteiger partial charge in [-0.2, -0.15) is 0 Å². The van der Waals surface area contributed by atoms with Crippen LogP contribution in [-0.4, -0.2) is 63.4 Å². The number of piperazine rings is 1. The highest BCUT2D eigenvalue weighted by atomic mass is 16.2. The summed E-state index contributed by atoms with van der Waals surface area (Å²) in [6.45, 7) is 9.11. The fraction of sp³-hybridized carbons (Fsp3) is 0.435. The van der Waals surface area contributed by atoms with E-state index in [1.54, 1.807) is 6.20 Å². The lowest BCUT2D eigenvalue weighted by atomic mass is 10.1. The summed E-state index contributed by atoms with van der Waals surface area (Å²) < 4.78 is 0. The summed E-state index contributed by atoms with van der Waals surface area (Å²) in [5, 5.41) is 0.861. The van der Waals surface area contributed by atoms with Crippen molar-refractivity contribution >= 4 is 16.9 Å². The monoisotopic (exact) mass is 391 g/mol. The number of H-pyrrole nitrogens is 1. The number of hydrogen-bond donors (Lipinski definition) is 1. The molecule has 1 amide bonds. The van der Waals surface area contributed by atoms with Gasteiger partial charge >= 0.3 is 0 Å². The van der Waals surface area contributed by atoms with E-state index in [1.807, 2.05) is 41.3 Å². The lowest BCUT2D eigenvalue weighted by Gasteiger charge is -2.34. The van der Waals surface area contributed by atoms with Crippen LogP contribution in [0.4, 0.5) is 0 Å². The minimum Gasteiger partial charge on any atom is -0.335 e. The van der Waals surface area contributed by atoms with Crippen molar-refractivity contribution in [2.24, 2.45) is 5.92 Å². The smallest absolute Gasteiger partial charge is 0.270 e. The number of fused-ring (bicyclic) bond motifs is 1. The average Bonchev–Trinajstić information content (AvgIpc) is 3.17. The van der Waals surface area contributed by atoms with Gasteiger partial charge in [0.1, 0.15) is 11.3 Å². The molecule has 0 unspecified atom stereocenters. The Hall–Kier alpha value is -2.73. The van der Waals surface area contributed by atoms with Crippen molar-refractivity contribution in [3.05, 3.63) is 48.3 Å². The van der Waals surface area contributed by atoms with E-state index in [0.29, 0.717) is 17.2 Å². The van der Waals surface area contributed by atoms with Crippen LogP contribution in [0.15, 0.2) is 42.6 Å². The number of benzene rings is 1. The molecule has 1 aromatic carbocycles. The standard InChI is InChI=1S/C23H29N5O/c1-17(2)7-6-10-27-11-13-28(14-12-27)23(29)20-15-19-16-24-21(26-22(19)25-20)18-8-4-3-5-9-18/h3-5,8-9,15-17H,6-7,10-14H2,1-2H3,(H,24,25,26). The topological polar surface area (TPSA) is 65.1 Å².